The molecule has 0 fully saturated rings. The number of imidazole rings is 1. The second-order valence-electron chi connectivity index (χ2n) is 5.24. The molecule has 0 unspecified atom stereocenters. The summed E-state index contributed by atoms with van der Waals surface area (Å²) in [7, 11) is 0. The van der Waals surface area contributed by atoms with Gasteiger partial charge < -0.3 is 5.11 Å². The Morgan fingerprint density at radius 2 is 1.92 bits per heavy atom. The van der Waals surface area contributed by atoms with Gasteiger partial charge in [0.05, 0.1) is 5.02 Å². The van der Waals surface area contributed by atoms with E-state index in [2.05, 4.69) is 10.2 Å². The molecule has 5 nitrogen and oxygen atoms in total. The van der Waals surface area contributed by atoms with Crippen LogP contribution in [-0.2, 0) is 0 Å². The van der Waals surface area contributed by atoms with Gasteiger partial charge in [0.15, 0.2) is 0 Å². The summed E-state index contributed by atoms with van der Waals surface area (Å²) in [6.07, 6.45) is 1.43. The van der Waals surface area contributed by atoms with E-state index in [1.54, 1.807) is 24.3 Å². The van der Waals surface area contributed by atoms with Crippen molar-refractivity contribution >= 4 is 39.1 Å². The third-order valence-electron chi connectivity index (χ3n) is 3.93. The fourth-order valence-corrected chi connectivity index (χ4v) is 3.00. The van der Waals surface area contributed by atoms with Gasteiger partial charge in [0.1, 0.15) is 34.6 Å². The van der Waals surface area contributed by atoms with Gasteiger partial charge in [0, 0.05) is 16.5 Å². The van der Waals surface area contributed by atoms with Gasteiger partial charge in [-0.3, -0.25) is 4.57 Å². The Morgan fingerprint density at radius 1 is 1.17 bits per heavy atom. The Kier molecular flexibility index (Phi) is 3.21. The number of fused-ring (bicyclic) bond motifs is 2. The number of nitrogens with zero attached hydrogens (tertiary/aromatic N) is 3. The van der Waals surface area contributed by atoms with Crippen molar-refractivity contribution in [2.75, 3.05) is 0 Å². The number of hydrogen-bond donors (Lipinski definition) is 1. The van der Waals surface area contributed by atoms with Gasteiger partial charge in [-0.2, -0.15) is 0 Å². The highest BCUT2D eigenvalue weighted by molar-refractivity contribution is 6.30. The second kappa shape index (κ2) is 5.28. The summed E-state index contributed by atoms with van der Waals surface area (Å²) in [5, 5.41) is 14.7. The standard InChI is InChI=1S/C17H9ClFN3O2/c18-12-7-9(5-6-13(12)19)22-8-20-15-14(21-24)10-3-1-2-4-11(10)17(23)16(15)22/h1-8,23H. The first-order valence-electron chi connectivity index (χ1n) is 7.01. The van der Waals surface area contributed by atoms with Crippen molar-refractivity contribution < 1.29 is 9.50 Å². The zero-order valence-corrected chi connectivity index (χ0v) is 12.8. The van der Waals surface area contributed by atoms with E-state index < -0.39 is 5.82 Å². The first-order valence-corrected chi connectivity index (χ1v) is 7.39. The van der Waals surface area contributed by atoms with E-state index in [0.29, 0.717) is 22.0 Å². The van der Waals surface area contributed by atoms with Gasteiger partial charge in [-0.1, -0.05) is 35.9 Å². The normalized spacial score (nSPS) is 11.2. The van der Waals surface area contributed by atoms with E-state index in [-0.39, 0.29) is 22.0 Å². The number of aromatic nitrogens is 2. The molecule has 118 valence electrons. The van der Waals surface area contributed by atoms with Gasteiger partial charge in [-0.15, -0.1) is 4.91 Å². The van der Waals surface area contributed by atoms with Crippen molar-refractivity contribution in [3.05, 3.63) is 64.5 Å². The van der Waals surface area contributed by atoms with E-state index in [9.17, 15) is 14.4 Å². The zero-order valence-electron chi connectivity index (χ0n) is 12.1. The van der Waals surface area contributed by atoms with Crippen LogP contribution < -0.4 is 0 Å². The van der Waals surface area contributed by atoms with Crippen LogP contribution in [0.15, 0.2) is 54.0 Å². The zero-order chi connectivity index (χ0) is 16.8. The first-order chi connectivity index (χ1) is 11.6. The molecule has 0 saturated heterocycles. The summed E-state index contributed by atoms with van der Waals surface area (Å²) in [6, 6.07) is 11.0. The molecular weight excluding hydrogens is 333 g/mol. The molecule has 4 aromatic rings. The monoisotopic (exact) mass is 341 g/mol. The smallest absolute Gasteiger partial charge is 0.149 e. The molecular formula is C17H9ClFN3O2. The van der Waals surface area contributed by atoms with Crippen LogP contribution in [0.25, 0.3) is 27.5 Å². The number of hydrogen-bond acceptors (Lipinski definition) is 4. The third-order valence-corrected chi connectivity index (χ3v) is 4.22. The SMILES string of the molecule is O=Nc1c2ccccc2c(O)c2c1ncn2-c1ccc(F)c(Cl)c1. The lowest BCUT2D eigenvalue weighted by molar-refractivity contribution is 0.486. The van der Waals surface area contributed by atoms with Crippen molar-refractivity contribution in [3.8, 4) is 11.4 Å². The van der Waals surface area contributed by atoms with E-state index in [1.165, 1.54) is 29.1 Å². The van der Waals surface area contributed by atoms with Crippen LogP contribution in [0, 0.1) is 10.7 Å². The van der Waals surface area contributed by atoms with E-state index in [4.69, 9.17) is 11.6 Å². The molecule has 0 saturated carbocycles. The lowest BCUT2D eigenvalue weighted by atomic mass is 10.1. The highest BCUT2D eigenvalue weighted by Crippen LogP contribution is 2.42. The lowest BCUT2D eigenvalue weighted by Crippen LogP contribution is -1.93. The molecule has 0 bridgehead atoms. The lowest BCUT2D eigenvalue weighted by Gasteiger charge is -2.09. The maximum absolute atomic E-state index is 13.4. The number of aromatic hydroxyl groups is 1. The van der Waals surface area contributed by atoms with Crippen LogP contribution in [0.3, 0.4) is 0 Å². The molecule has 7 heteroatoms. The van der Waals surface area contributed by atoms with E-state index in [0.717, 1.165) is 0 Å². The molecule has 1 N–H and O–H groups in total. The Hall–Kier alpha value is -2.99. The molecule has 4 rings (SSSR count). The number of benzene rings is 3. The van der Waals surface area contributed by atoms with Crippen molar-refractivity contribution in [1.82, 2.24) is 9.55 Å². The minimum absolute atomic E-state index is 0.0362. The Morgan fingerprint density at radius 3 is 2.62 bits per heavy atom. The average Bonchev–Trinajstić information content (AvgIpc) is 3.03. The fraction of sp³-hybridized carbons (Fsp3) is 0. The summed E-state index contributed by atoms with van der Waals surface area (Å²) in [5.41, 5.74) is 1.23. The molecule has 3 aromatic carbocycles. The molecule has 0 aliphatic heterocycles. The van der Waals surface area contributed by atoms with E-state index >= 15 is 0 Å². The highest BCUT2D eigenvalue weighted by atomic mass is 35.5. The van der Waals surface area contributed by atoms with Gasteiger partial charge in [0.2, 0.25) is 0 Å². The Labute approximate surface area is 139 Å². The summed E-state index contributed by atoms with van der Waals surface area (Å²) in [4.78, 5) is 15.5. The number of nitroso groups, excluding NO2 is 1. The summed E-state index contributed by atoms with van der Waals surface area (Å²) in [5.74, 6) is -0.583. The molecule has 1 aromatic heterocycles. The largest absolute Gasteiger partial charge is 0.505 e. The summed E-state index contributed by atoms with van der Waals surface area (Å²) >= 11 is 5.84. The van der Waals surface area contributed by atoms with Crippen molar-refractivity contribution in [3.63, 3.8) is 0 Å². The molecule has 0 spiro atoms. The van der Waals surface area contributed by atoms with Crippen molar-refractivity contribution in [2.24, 2.45) is 5.18 Å². The van der Waals surface area contributed by atoms with Crippen LogP contribution in [0.2, 0.25) is 5.02 Å². The second-order valence-corrected chi connectivity index (χ2v) is 5.65. The predicted molar refractivity (Wildman–Crippen MR) is 90.7 cm³/mol. The van der Waals surface area contributed by atoms with Gasteiger partial charge >= 0.3 is 0 Å². The Bertz CT molecular complexity index is 1120. The molecule has 24 heavy (non-hydrogen) atoms. The van der Waals surface area contributed by atoms with Crippen LogP contribution in [0.1, 0.15) is 0 Å². The average molecular weight is 342 g/mol. The van der Waals surface area contributed by atoms with E-state index in [1.807, 2.05) is 0 Å². The molecule has 0 aliphatic rings. The van der Waals surface area contributed by atoms with Crippen LogP contribution in [-0.4, -0.2) is 14.7 Å². The number of rotatable bonds is 2. The minimum atomic E-state index is -0.547. The number of phenolic OH excluding ortho intramolecular Hbond substituents is 1. The fourth-order valence-electron chi connectivity index (χ4n) is 2.82. The highest BCUT2D eigenvalue weighted by Gasteiger charge is 2.19. The predicted octanol–water partition coefficient (Wildman–Crippen LogP) is 5.07. The quantitative estimate of drug-likeness (QED) is 0.517. The first kappa shape index (κ1) is 14.6. The van der Waals surface area contributed by atoms with Gasteiger partial charge in [-0.25, -0.2) is 9.37 Å². The minimum Gasteiger partial charge on any atom is -0.505 e. The summed E-state index contributed by atoms with van der Waals surface area (Å²) in [6.45, 7) is 0. The molecule has 1 heterocycles. The third kappa shape index (κ3) is 1.97. The molecule has 0 atom stereocenters. The van der Waals surface area contributed by atoms with Gasteiger partial charge in [0.25, 0.3) is 0 Å². The van der Waals surface area contributed by atoms with Crippen LogP contribution >= 0.6 is 11.6 Å². The topological polar surface area (TPSA) is 67.5 Å². The van der Waals surface area contributed by atoms with Crippen LogP contribution in [0.4, 0.5) is 10.1 Å². The molecule has 0 amide bonds. The number of phenols is 1. The summed E-state index contributed by atoms with van der Waals surface area (Å²) < 4.78 is 14.9. The number of halogens is 2. The van der Waals surface area contributed by atoms with Crippen molar-refractivity contribution in [1.29, 1.82) is 0 Å². The van der Waals surface area contributed by atoms with Gasteiger partial charge in [-0.05, 0) is 23.4 Å². The van der Waals surface area contributed by atoms with Crippen molar-refractivity contribution in [2.45, 2.75) is 0 Å². The maximum atomic E-state index is 13.4. The Balaban J connectivity index is 2.14. The molecule has 0 radical (unpaired) electrons. The molecule has 0 aliphatic carbocycles. The maximum Gasteiger partial charge on any atom is 0.149 e. The van der Waals surface area contributed by atoms with Crippen LogP contribution in [0.5, 0.6) is 5.75 Å².